The Kier molecular flexibility index (Phi) is 45.8. The maximum Gasteiger partial charge on any atom is 0.243 e. The zero-order valence-electron chi connectivity index (χ0n) is 57.1. The molecule has 0 unspecified atom stereocenters. The van der Waals surface area contributed by atoms with Crippen molar-refractivity contribution in [2.75, 3.05) is 92.0 Å². The zero-order valence-corrected chi connectivity index (χ0v) is 57.1. The van der Waals surface area contributed by atoms with Gasteiger partial charge in [-0.3, -0.25) is 43.2 Å². The van der Waals surface area contributed by atoms with Gasteiger partial charge in [0.2, 0.25) is 53.2 Å². The van der Waals surface area contributed by atoms with Crippen molar-refractivity contribution in [2.45, 2.75) is 249 Å². The van der Waals surface area contributed by atoms with Crippen molar-refractivity contribution in [3.05, 3.63) is 12.2 Å². The van der Waals surface area contributed by atoms with E-state index < -0.39 is 11.4 Å². The van der Waals surface area contributed by atoms with Crippen molar-refractivity contribution in [2.24, 2.45) is 21.7 Å². The molecule has 0 aromatic rings. The van der Waals surface area contributed by atoms with E-state index in [1.807, 2.05) is 26.8 Å². The van der Waals surface area contributed by atoms with Crippen molar-refractivity contribution >= 4 is 53.2 Å². The molecule has 0 radical (unpaired) electrons. The minimum Gasteiger partial charge on any atom is -0.378 e. The Balaban J connectivity index is 5.73. The van der Waals surface area contributed by atoms with Crippen LogP contribution in [0.25, 0.3) is 0 Å². The van der Waals surface area contributed by atoms with Crippen molar-refractivity contribution in [3.8, 4) is 0 Å². The molecule has 0 atom stereocenters. The molecule has 510 valence electrons. The molecule has 0 saturated heterocycles. The van der Waals surface area contributed by atoms with Gasteiger partial charge in [-0.05, 0) is 105 Å². The van der Waals surface area contributed by atoms with Gasteiger partial charge in [-0.25, -0.2) is 0 Å². The number of amides is 9. The Labute approximate surface area is 531 Å². The van der Waals surface area contributed by atoms with Crippen LogP contribution in [0.15, 0.2) is 12.2 Å². The summed E-state index contributed by atoms with van der Waals surface area (Å²) in [5.74, 6) is -1.53. The highest BCUT2D eigenvalue weighted by molar-refractivity contribution is 5.87. The van der Waals surface area contributed by atoms with Crippen LogP contribution in [0.1, 0.15) is 244 Å². The van der Waals surface area contributed by atoms with Crippen LogP contribution in [0.2, 0.25) is 0 Å². The van der Waals surface area contributed by atoms with Gasteiger partial charge in [-0.2, -0.15) is 0 Å². The van der Waals surface area contributed by atoms with Crippen molar-refractivity contribution < 1.29 is 57.4 Å². The van der Waals surface area contributed by atoms with Crippen molar-refractivity contribution in [3.63, 3.8) is 0 Å². The van der Waals surface area contributed by atoms with Gasteiger partial charge in [-0.15, -0.1) is 0 Å². The number of rotatable bonds is 52. The number of unbranched alkanes of at least 4 members (excludes halogenated alkanes) is 6. The lowest BCUT2D eigenvalue weighted by Crippen LogP contribution is -2.58. The molecule has 0 spiro atoms. The molecule has 0 aliphatic heterocycles. The first-order valence-corrected chi connectivity index (χ1v) is 33.3. The number of allylic oxidation sites excluding steroid dienone is 1. The first-order chi connectivity index (χ1) is 41.4. The van der Waals surface area contributed by atoms with Gasteiger partial charge in [0.25, 0.3) is 0 Å². The summed E-state index contributed by atoms with van der Waals surface area (Å²) in [6.07, 6.45) is 18.7. The van der Waals surface area contributed by atoms with Crippen LogP contribution in [-0.4, -0.2) is 151 Å². The molecular weight excluding hydrogens is 1120 g/mol. The minimum absolute atomic E-state index is 0.00251. The zero-order chi connectivity index (χ0) is 66.2. The van der Waals surface area contributed by atoms with E-state index in [0.717, 1.165) is 83.5 Å². The number of carbonyl (C=O) groups is 9. The number of hydrogen-bond donors (Lipinski definition) is 9. The normalized spacial score (nSPS) is 12.1. The summed E-state index contributed by atoms with van der Waals surface area (Å²) in [6, 6.07) is 0. The Hall–Kier alpha value is -5.15. The molecule has 0 saturated carbocycles. The van der Waals surface area contributed by atoms with Crippen molar-refractivity contribution in [1.29, 1.82) is 0 Å². The molecule has 0 rings (SSSR count). The highest BCUT2D eigenvalue weighted by atomic mass is 16.5. The lowest BCUT2D eigenvalue weighted by Gasteiger charge is -2.34. The molecule has 21 heteroatoms. The molecule has 9 amide bonds. The lowest BCUT2D eigenvalue weighted by atomic mass is 9.89. The third kappa shape index (κ3) is 57.3. The fraction of sp³-hybridized carbons (Fsp3) is 0.836. The number of hydrogen-bond acceptors (Lipinski definition) is 12. The fourth-order valence-corrected chi connectivity index (χ4v) is 8.80. The molecule has 0 aliphatic carbocycles. The third-order valence-corrected chi connectivity index (χ3v) is 14.0. The maximum atomic E-state index is 13.8. The summed E-state index contributed by atoms with van der Waals surface area (Å²) in [7, 11) is 0. The van der Waals surface area contributed by atoms with Crippen molar-refractivity contribution in [1.82, 2.24) is 47.9 Å². The van der Waals surface area contributed by atoms with Gasteiger partial charge in [0.15, 0.2) is 0 Å². The van der Waals surface area contributed by atoms with E-state index in [2.05, 4.69) is 110 Å². The molecule has 9 N–H and O–H groups in total. The number of ether oxygens (including phenoxy) is 3. The van der Waals surface area contributed by atoms with E-state index in [1.54, 1.807) is 6.08 Å². The van der Waals surface area contributed by atoms with Gasteiger partial charge in [-0.1, -0.05) is 121 Å². The summed E-state index contributed by atoms with van der Waals surface area (Å²) in [4.78, 5) is 114. The van der Waals surface area contributed by atoms with E-state index >= 15 is 0 Å². The van der Waals surface area contributed by atoms with Crippen LogP contribution in [0.3, 0.4) is 0 Å². The first kappa shape index (κ1) is 82.8. The molecule has 0 heterocycles. The second kappa shape index (κ2) is 48.7. The van der Waals surface area contributed by atoms with Crippen LogP contribution >= 0.6 is 0 Å². The van der Waals surface area contributed by atoms with Crippen LogP contribution in [0, 0.1) is 21.7 Å². The fourth-order valence-electron chi connectivity index (χ4n) is 8.80. The van der Waals surface area contributed by atoms with E-state index in [0.29, 0.717) is 90.9 Å². The second-order valence-electron chi connectivity index (χ2n) is 28.3. The Morgan fingerprint density at radius 3 is 0.875 bits per heavy atom. The molecular formula is C67H125N9O12. The average Bonchev–Trinajstić information content (AvgIpc) is 3.64. The highest BCUT2D eigenvalue weighted by Crippen LogP contribution is 2.24. The lowest BCUT2D eigenvalue weighted by molar-refractivity contribution is -0.131. The van der Waals surface area contributed by atoms with Gasteiger partial charge in [0, 0.05) is 104 Å². The summed E-state index contributed by atoms with van der Waals surface area (Å²) in [6.45, 7) is 28.6. The predicted molar refractivity (Wildman–Crippen MR) is 350 cm³/mol. The van der Waals surface area contributed by atoms with Crippen LogP contribution in [-0.2, 0) is 57.4 Å². The Morgan fingerprint density at radius 2 is 0.568 bits per heavy atom. The molecule has 0 aliphatic rings. The first-order valence-electron chi connectivity index (χ1n) is 33.3. The van der Waals surface area contributed by atoms with Gasteiger partial charge >= 0.3 is 0 Å². The Bertz CT molecular complexity index is 1850. The second-order valence-corrected chi connectivity index (χ2v) is 28.3. The molecule has 88 heavy (non-hydrogen) atoms. The largest absolute Gasteiger partial charge is 0.378 e. The van der Waals surface area contributed by atoms with Crippen LogP contribution in [0.5, 0.6) is 0 Å². The predicted octanol–water partition coefficient (Wildman–Crippen LogP) is 8.31. The van der Waals surface area contributed by atoms with Gasteiger partial charge < -0.3 is 62.1 Å². The smallest absolute Gasteiger partial charge is 0.243 e. The third-order valence-electron chi connectivity index (χ3n) is 14.0. The van der Waals surface area contributed by atoms with Crippen LogP contribution in [0.4, 0.5) is 0 Å². The van der Waals surface area contributed by atoms with E-state index in [4.69, 9.17) is 14.2 Å². The topological polar surface area (TPSA) is 290 Å². The van der Waals surface area contributed by atoms with E-state index in [-0.39, 0.29) is 147 Å². The van der Waals surface area contributed by atoms with E-state index in [1.165, 1.54) is 0 Å². The SMILES string of the molecule is CC(C)(C)/C=C/C(=O)NCCCCCCNC(=O)CCCC(=O)NC(COCCC(=O)NCCCNC(=O)CCCCC(C)(C)C)(COCCC(=O)NCCCNC(=O)CCCCC(C)(C)C)COCCC(=O)NCCCNC(=O)CCCCC(C)(C)C. The molecule has 0 bridgehead atoms. The summed E-state index contributed by atoms with van der Waals surface area (Å²) in [5, 5.41) is 26.2. The van der Waals surface area contributed by atoms with Crippen LogP contribution < -0.4 is 47.9 Å². The number of nitrogens with one attached hydrogen (secondary N) is 9. The summed E-state index contributed by atoms with van der Waals surface area (Å²) < 4.78 is 18.3. The average molecular weight is 1250 g/mol. The van der Waals surface area contributed by atoms with E-state index in [9.17, 15) is 43.2 Å². The minimum atomic E-state index is -1.35. The standard InChI is InChI=1S/C67H125N9O12/c1-63(2,3)36-18-15-27-54(77)70-42-24-45-73-59(82)33-48-86-51-67(52-87-49-34-60(83)74-46-25-43-71-55(78)28-16-19-37-64(4,5)6,53-88-50-35-61(84)75-47-26-44-72-56(79)29-17-20-38-65(7,8)9)76-62(85)31-23-30-57(80)68-40-21-13-14-22-41-69-58(81)32-39-66(10,11)12/h32,39H,13-31,33-38,40-53H2,1-12H3,(H,68,80)(H,69,81)(H,70,77)(H,71,78)(H,72,79)(H,73,82)(H,74,83)(H,75,84)(H,76,85)/b39-32+. The highest BCUT2D eigenvalue weighted by Gasteiger charge is 2.34. The molecule has 0 aromatic heterocycles. The molecule has 0 fully saturated rings. The molecule has 0 aromatic carbocycles. The van der Waals surface area contributed by atoms with Gasteiger partial charge in [0.1, 0.15) is 5.54 Å². The Morgan fingerprint density at radius 1 is 0.295 bits per heavy atom. The number of carbonyl (C=O) groups excluding carboxylic acids is 9. The summed E-state index contributed by atoms with van der Waals surface area (Å²) >= 11 is 0. The van der Waals surface area contributed by atoms with Gasteiger partial charge in [0.05, 0.1) is 39.6 Å². The summed E-state index contributed by atoms with van der Waals surface area (Å²) in [5.41, 5.74) is -0.734. The monoisotopic (exact) mass is 1250 g/mol. The quantitative estimate of drug-likeness (QED) is 0.0205. The molecule has 21 nitrogen and oxygen atoms in total. The maximum absolute atomic E-state index is 13.8.